The number of carbonyl (C=O) groups is 3. The van der Waals surface area contributed by atoms with E-state index < -0.39 is 24.1 Å². The van der Waals surface area contributed by atoms with Crippen molar-refractivity contribution in [3.8, 4) is 5.75 Å². The third kappa shape index (κ3) is 4.43. The molecule has 0 saturated carbocycles. The summed E-state index contributed by atoms with van der Waals surface area (Å²) in [6.07, 6.45) is 0.381. The van der Waals surface area contributed by atoms with Crippen LogP contribution in [0, 0.1) is 0 Å². The first-order valence-electron chi connectivity index (χ1n) is 8.38. The highest BCUT2D eigenvalue weighted by Gasteiger charge is 2.27. The Balaban J connectivity index is 1.76. The Bertz CT molecular complexity index is 914. The van der Waals surface area contributed by atoms with Crippen LogP contribution in [0.15, 0.2) is 54.1 Å². The van der Waals surface area contributed by atoms with Crippen LogP contribution in [-0.4, -0.2) is 30.1 Å². The average Bonchev–Trinajstić information content (AvgIpc) is 2.69. The first-order valence-corrected chi connectivity index (χ1v) is 8.38. The number of nitrogens with one attached hydrogen (secondary N) is 2. The highest BCUT2D eigenvalue weighted by Crippen LogP contribution is 2.23. The normalized spacial score (nSPS) is 14.9. The predicted molar refractivity (Wildman–Crippen MR) is 98.8 cm³/mol. The molecule has 1 heterocycles. The fourth-order valence-electron chi connectivity index (χ4n) is 2.57. The van der Waals surface area contributed by atoms with Crippen molar-refractivity contribution in [3.05, 3.63) is 70.8 Å². The Morgan fingerprint density at radius 2 is 1.64 bits per heavy atom. The van der Waals surface area contributed by atoms with Gasteiger partial charge in [0.1, 0.15) is 17.9 Å². The van der Waals surface area contributed by atoms with Crippen LogP contribution < -0.4 is 15.4 Å². The predicted octanol–water partition coefficient (Wildman–Crippen LogP) is 1.65. The van der Waals surface area contributed by atoms with Gasteiger partial charge in [-0.1, -0.05) is 42.5 Å². The quantitative estimate of drug-likeness (QED) is 0.398. The third-order valence-electron chi connectivity index (χ3n) is 4.04. The summed E-state index contributed by atoms with van der Waals surface area (Å²) in [5.41, 5.74) is 1.81. The van der Waals surface area contributed by atoms with Crippen molar-refractivity contribution in [2.45, 2.75) is 12.9 Å². The van der Waals surface area contributed by atoms with Gasteiger partial charge in [-0.3, -0.25) is 20.2 Å². The second-order valence-electron chi connectivity index (χ2n) is 5.95. The van der Waals surface area contributed by atoms with Gasteiger partial charge in [-0.25, -0.2) is 4.79 Å². The molecule has 1 aliphatic rings. The maximum absolute atomic E-state index is 11.9. The molecule has 0 aromatic heterocycles. The van der Waals surface area contributed by atoms with Gasteiger partial charge in [-0.05, 0) is 17.7 Å². The summed E-state index contributed by atoms with van der Waals surface area (Å²) in [7, 11) is 1.41. The minimum absolute atomic E-state index is 0.187. The van der Waals surface area contributed by atoms with Gasteiger partial charge in [0, 0.05) is 18.2 Å². The van der Waals surface area contributed by atoms with Crippen molar-refractivity contribution in [1.82, 2.24) is 10.6 Å². The summed E-state index contributed by atoms with van der Waals surface area (Å²) < 4.78 is 10.7. The molecule has 0 spiro atoms. The molecule has 3 N–H and O–H groups in total. The maximum Gasteiger partial charge on any atom is 0.328 e. The molecule has 144 valence electrons. The Morgan fingerprint density at radius 3 is 2.29 bits per heavy atom. The van der Waals surface area contributed by atoms with E-state index in [1.807, 2.05) is 10.6 Å². The lowest BCUT2D eigenvalue weighted by Crippen LogP contribution is -2.51. The zero-order valence-corrected chi connectivity index (χ0v) is 15.0. The number of barbiturate groups is 1. The van der Waals surface area contributed by atoms with Crippen LogP contribution in [0.3, 0.4) is 0 Å². The molecule has 0 radical (unpaired) electrons. The molecule has 2 aromatic carbocycles. The zero-order valence-electron chi connectivity index (χ0n) is 15.0. The monoisotopic (exact) mass is 382 g/mol. The molecule has 1 saturated heterocycles. The van der Waals surface area contributed by atoms with E-state index in [-0.39, 0.29) is 12.2 Å². The first-order chi connectivity index (χ1) is 13.5. The molecule has 4 amide bonds. The van der Waals surface area contributed by atoms with E-state index in [0.717, 1.165) is 5.56 Å². The van der Waals surface area contributed by atoms with Gasteiger partial charge in [0.2, 0.25) is 0 Å². The van der Waals surface area contributed by atoms with Gasteiger partial charge in [-0.2, -0.15) is 0 Å². The number of aliphatic hydroxyl groups is 1. The van der Waals surface area contributed by atoms with Crippen LogP contribution in [-0.2, 0) is 20.9 Å². The van der Waals surface area contributed by atoms with E-state index in [2.05, 4.69) is 0 Å². The van der Waals surface area contributed by atoms with Gasteiger partial charge < -0.3 is 14.6 Å². The fraction of sp³-hybridized carbons (Fsp3) is 0.150. The van der Waals surface area contributed by atoms with Gasteiger partial charge in [0.05, 0.1) is 0 Å². The van der Waals surface area contributed by atoms with Crippen LogP contribution in [0.5, 0.6) is 5.75 Å². The smallest absolute Gasteiger partial charge is 0.328 e. The van der Waals surface area contributed by atoms with Crippen molar-refractivity contribution in [2.24, 2.45) is 0 Å². The standard InChI is InChI=1S/C20H18N2O6/c1-27-19(25)13-8-6-12(7-9-13)11-28-16-5-3-2-4-14(16)10-15-17(23)21-20(26)22-18(15)24/h2-10,19,25H,11H2,1H3,(H2,21,22,23,24,26). The van der Waals surface area contributed by atoms with Crippen LogP contribution in [0.25, 0.3) is 6.08 Å². The number of amides is 4. The van der Waals surface area contributed by atoms with E-state index in [9.17, 15) is 19.5 Å². The third-order valence-corrected chi connectivity index (χ3v) is 4.04. The number of benzene rings is 2. The van der Waals surface area contributed by atoms with E-state index in [4.69, 9.17) is 9.47 Å². The summed E-state index contributed by atoms with van der Waals surface area (Å²) >= 11 is 0. The highest BCUT2D eigenvalue weighted by molar-refractivity contribution is 6.31. The Labute approximate surface area is 160 Å². The summed E-state index contributed by atoms with van der Waals surface area (Å²) in [4.78, 5) is 34.9. The molecular weight excluding hydrogens is 364 g/mol. The molecule has 2 aromatic rings. The van der Waals surface area contributed by atoms with Crippen LogP contribution in [0.2, 0.25) is 0 Å². The molecule has 1 unspecified atom stereocenters. The lowest BCUT2D eigenvalue weighted by Gasteiger charge is -2.15. The van der Waals surface area contributed by atoms with E-state index >= 15 is 0 Å². The molecule has 3 rings (SSSR count). The number of urea groups is 1. The molecule has 8 heteroatoms. The second kappa shape index (κ2) is 8.47. The van der Waals surface area contributed by atoms with Gasteiger partial charge in [0.25, 0.3) is 11.8 Å². The molecule has 0 aliphatic carbocycles. The number of methoxy groups -OCH3 is 1. The summed E-state index contributed by atoms with van der Waals surface area (Å²) in [6.45, 7) is 0.237. The molecule has 1 atom stereocenters. The number of carbonyl (C=O) groups excluding carboxylic acids is 3. The maximum atomic E-state index is 11.9. The summed E-state index contributed by atoms with van der Waals surface area (Å²) in [5, 5.41) is 13.7. The number of hydrogen-bond acceptors (Lipinski definition) is 6. The minimum atomic E-state index is -0.984. The number of rotatable bonds is 6. The minimum Gasteiger partial charge on any atom is -0.488 e. The number of ether oxygens (including phenoxy) is 2. The SMILES string of the molecule is COC(O)c1ccc(COc2ccccc2C=C2C(=O)NC(=O)NC2=O)cc1. The first kappa shape index (κ1) is 19.3. The highest BCUT2D eigenvalue weighted by atomic mass is 16.6. The molecule has 0 bridgehead atoms. The summed E-state index contributed by atoms with van der Waals surface area (Å²) in [5.74, 6) is -1.07. The Hall–Kier alpha value is -3.49. The van der Waals surface area contributed by atoms with Crippen molar-refractivity contribution >= 4 is 23.9 Å². The largest absolute Gasteiger partial charge is 0.488 e. The summed E-state index contributed by atoms with van der Waals surface area (Å²) in [6, 6.07) is 13.1. The van der Waals surface area contributed by atoms with Crippen LogP contribution in [0.1, 0.15) is 23.0 Å². The van der Waals surface area contributed by atoms with Gasteiger partial charge >= 0.3 is 6.03 Å². The molecule has 8 nitrogen and oxygen atoms in total. The Morgan fingerprint density at radius 1 is 1.00 bits per heavy atom. The van der Waals surface area contributed by atoms with Gasteiger partial charge in [0.15, 0.2) is 6.29 Å². The van der Waals surface area contributed by atoms with Crippen molar-refractivity contribution in [2.75, 3.05) is 7.11 Å². The van der Waals surface area contributed by atoms with Crippen LogP contribution in [0.4, 0.5) is 4.79 Å². The average molecular weight is 382 g/mol. The zero-order chi connectivity index (χ0) is 20.1. The van der Waals surface area contributed by atoms with Crippen LogP contribution >= 0.6 is 0 Å². The van der Waals surface area contributed by atoms with Gasteiger partial charge in [-0.15, -0.1) is 0 Å². The Kier molecular flexibility index (Phi) is 5.83. The fourth-order valence-corrected chi connectivity index (χ4v) is 2.57. The molecular formula is C20H18N2O6. The lowest BCUT2D eigenvalue weighted by molar-refractivity contribution is -0.123. The number of imide groups is 2. The molecule has 1 aliphatic heterocycles. The second-order valence-corrected chi connectivity index (χ2v) is 5.95. The van der Waals surface area contributed by atoms with E-state index in [0.29, 0.717) is 16.9 Å². The lowest BCUT2D eigenvalue weighted by atomic mass is 10.1. The topological polar surface area (TPSA) is 114 Å². The number of para-hydroxylation sites is 1. The number of hydrogen-bond donors (Lipinski definition) is 3. The van der Waals surface area contributed by atoms with Crippen molar-refractivity contribution < 1.29 is 29.0 Å². The van der Waals surface area contributed by atoms with Crippen molar-refractivity contribution in [1.29, 1.82) is 0 Å². The van der Waals surface area contributed by atoms with E-state index in [1.54, 1.807) is 48.5 Å². The van der Waals surface area contributed by atoms with Crippen molar-refractivity contribution in [3.63, 3.8) is 0 Å². The molecule has 28 heavy (non-hydrogen) atoms. The molecule has 1 fully saturated rings. The van der Waals surface area contributed by atoms with E-state index in [1.165, 1.54) is 13.2 Å². The number of aliphatic hydroxyl groups excluding tert-OH is 1.